The number of rotatable bonds is 4. The molecule has 1 atom stereocenters. The number of hydrogen-bond acceptors (Lipinski definition) is 6. The molecule has 0 aliphatic carbocycles. The van der Waals surface area contributed by atoms with E-state index in [4.69, 9.17) is 4.74 Å². The molecule has 0 bridgehead atoms. The second-order valence-corrected chi connectivity index (χ2v) is 10.8. The molecule has 1 aromatic rings. The van der Waals surface area contributed by atoms with E-state index < -0.39 is 12.2 Å². The average molecular weight is 454 g/mol. The zero-order valence-electron chi connectivity index (χ0n) is 17.2. The van der Waals surface area contributed by atoms with E-state index in [1.165, 1.54) is 41.6 Å². The third-order valence-electron chi connectivity index (χ3n) is 5.92. The maximum atomic E-state index is 15.0. The van der Waals surface area contributed by atoms with Crippen molar-refractivity contribution in [3.05, 3.63) is 24.0 Å². The number of hydrogen-bond donors (Lipinski definition) is 1. The third-order valence-corrected chi connectivity index (χ3v) is 9.09. The van der Waals surface area contributed by atoms with E-state index in [2.05, 4.69) is 33.7 Å². The molecule has 0 radical (unpaired) electrons. The van der Waals surface area contributed by atoms with Gasteiger partial charge in [-0.3, -0.25) is 9.69 Å². The van der Waals surface area contributed by atoms with Gasteiger partial charge in [0.05, 0.1) is 24.5 Å². The Morgan fingerprint density at radius 2 is 2.13 bits per heavy atom. The van der Waals surface area contributed by atoms with Crippen LogP contribution in [0.2, 0.25) is 0 Å². The number of carbonyl (C=O) groups is 2. The van der Waals surface area contributed by atoms with Crippen molar-refractivity contribution >= 4 is 46.9 Å². The first kappa shape index (κ1) is 21.6. The molecule has 4 rings (SSSR count). The van der Waals surface area contributed by atoms with Gasteiger partial charge in [0.25, 0.3) is 0 Å². The van der Waals surface area contributed by atoms with Gasteiger partial charge in [-0.15, -0.1) is 0 Å². The highest BCUT2D eigenvalue weighted by atomic mass is 32.2. The van der Waals surface area contributed by atoms with E-state index in [9.17, 15) is 14.0 Å². The largest absolute Gasteiger partial charge is 0.442 e. The third kappa shape index (κ3) is 4.82. The smallest absolute Gasteiger partial charge is 0.414 e. The van der Waals surface area contributed by atoms with Crippen molar-refractivity contribution in [2.45, 2.75) is 37.0 Å². The summed E-state index contributed by atoms with van der Waals surface area (Å²) in [7, 11) is 0. The van der Waals surface area contributed by atoms with Gasteiger partial charge in [0.15, 0.2) is 0 Å². The van der Waals surface area contributed by atoms with Crippen molar-refractivity contribution in [1.29, 1.82) is 0 Å². The highest BCUT2D eigenvalue weighted by molar-refractivity contribution is 8.04. The van der Waals surface area contributed by atoms with Crippen LogP contribution in [0.15, 0.2) is 18.2 Å². The summed E-state index contributed by atoms with van der Waals surface area (Å²) in [4.78, 5) is 26.8. The molecule has 1 N–H and O–H groups in total. The van der Waals surface area contributed by atoms with E-state index in [-0.39, 0.29) is 18.3 Å². The van der Waals surface area contributed by atoms with Gasteiger partial charge in [-0.05, 0) is 49.0 Å². The summed E-state index contributed by atoms with van der Waals surface area (Å²) in [5.41, 5.74) is 1.08. The summed E-state index contributed by atoms with van der Waals surface area (Å²) in [5, 5.41) is 2.65. The van der Waals surface area contributed by atoms with Gasteiger partial charge >= 0.3 is 6.09 Å². The Hall–Kier alpha value is -1.61. The second kappa shape index (κ2) is 9.26. The normalized spacial score (nSPS) is 23.9. The standard InChI is InChI=1S/C21H28FN3O3S2/c1-15(26)23-12-17-13-25(20(27)28-17)16-3-4-19(18(22)11-16)24-7-5-21(6-8-24)14-29-9-2-10-30-21/h3-4,11,17H,2,5-10,12-14H2,1H3,(H,23,26). The molecule has 164 valence electrons. The summed E-state index contributed by atoms with van der Waals surface area (Å²) in [6.07, 6.45) is 2.49. The number of thioether (sulfide) groups is 2. The summed E-state index contributed by atoms with van der Waals surface area (Å²) < 4.78 is 20.6. The molecule has 6 nitrogen and oxygen atoms in total. The van der Waals surface area contributed by atoms with Crippen molar-refractivity contribution in [3.63, 3.8) is 0 Å². The van der Waals surface area contributed by atoms with Gasteiger partial charge in [0.2, 0.25) is 5.91 Å². The van der Waals surface area contributed by atoms with Crippen molar-refractivity contribution in [2.75, 3.05) is 53.2 Å². The van der Waals surface area contributed by atoms with Crippen LogP contribution in [0.3, 0.4) is 0 Å². The summed E-state index contributed by atoms with van der Waals surface area (Å²) in [5.74, 6) is 3.18. The topological polar surface area (TPSA) is 61.9 Å². The molecular weight excluding hydrogens is 425 g/mol. The first-order chi connectivity index (χ1) is 14.5. The lowest BCUT2D eigenvalue weighted by molar-refractivity contribution is -0.119. The minimum atomic E-state index is -0.514. The predicted molar refractivity (Wildman–Crippen MR) is 121 cm³/mol. The summed E-state index contributed by atoms with van der Waals surface area (Å²) in [6.45, 7) is 3.67. The zero-order valence-corrected chi connectivity index (χ0v) is 18.8. The van der Waals surface area contributed by atoms with Gasteiger partial charge in [0, 0.05) is 30.5 Å². The van der Waals surface area contributed by atoms with Crippen LogP contribution in [0.25, 0.3) is 0 Å². The SMILES string of the molecule is CC(=O)NCC1CN(c2ccc(N3CCC4(CC3)CSCCCS4)c(F)c2)C(=O)O1. The molecule has 3 aliphatic rings. The first-order valence-electron chi connectivity index (χ1n) is 10.4. The molecule has 9 heteroatoms. The molecule has 0 aromatic heterocycles. The molecule has 30 heavy (non-hydrogen) atoms. The maximum absolute atomic E-state index is 15.0. The van der Waals surface area contributed by atoms with Gasteiger partial charge in [0.1, 0.15) is 11.9 Å². The molecule has 3 aliphatic heterocycles. The lowest BCUT2D eigenvalue weighted by Gasteiger charge is -2.41. The fraction of sp³-hybridized carbons (Fsp3) is 0.619. The minimum absolute atomic E-state index is 0.177. The molecule has 2 amide bonds. The number of carbonyl (C=O) groups excluding carboxylic acids is 2. The second-order valence-electron chi connectivity index (χ2n) is 8.11. The maximum Gasteiger partial charge on any atom is 0.414 e. The predicted octanol–water partition coefficient (Wildman–Crippen LogP) is 3.50. The van der Waals surface area contributed by atoms with Crippen molar-refractivity contribution < 1.29 is 18.7 Å². The molecule has 1 aromatic carbocycles. The molecule has 1 spiro atoms. The molecular formula is C21H28FN3O3S2. The Kier molecular flexibility index (Phi) is 6.67. The lowest BCUT2D eigenvalue weighted by atomic mass is 9.97. The van der Waals surface area contributed by atoms with Crippen LogP contribution in [0.5, 0.6) is 0 Å². The zero-order chi connectivity index (χ0) is 21.1. The number of nitrogens with one attached hydrogen (secondary N) is 1. The van der Waals surface area contributed by atoms with Crippen LogP contribution >= 0.6 is 23.5 Å². The van der Waals surface area contributed by atoms with E-state index in [1.54, 1.807) is 12.1 Å². The monoisotopic (exact) mass is 453 g/mol. The molecule has 3 saturated heterocycles. The van der Waals surface area contributed by atoms with Gasteiger partial charge in [-0.25, -0.2) is 9.18 Å². The Labute approximate surface area is 185 Å². The van der Waals surface area contributed by atoms with Crippen molar-refractivity contribution in [3.8, 4) is 0 Å². The van der Waals surface area contributed by atoms with Crippen LogP contribution in [-0.2, 0) is 9.53 Å². The first-order valence-corrected chi connectivity index (χ1v) is 12.6. The number of cyclic esters (lactones) is 1. The number of piperidine rings is 1. The number of benzene rings is 1. The van der Waals surface area contributed by atoms with Crippen LogP contribution in [0.1, 0.15) is 26.2 Å². The number of ether oxygens (including phenoxy) is 1. The van der Waals surface area contributed by atoms with E-state index >= 15 is 0 Å². The number of nitrogens with zero attached hydrogens (tertiary/aromatic N) is 2. The number of halogens is 1. The van der Waals surface area contributed by atoms with Crippen LogP contribution in [0.4, 0.5) is 20.6 Å². The lowest BCUT2D eigenvalue weighted by Crippen LogP contribution is -2.44. The van der Waals surface area contributed by atoms with E-state index in [0.29, 0.717) is 22.7 Å². The Morgan fingerprint density at radius 1 is 1.33 bits per heavy atom. The fourth-order valence-electron chi connectivity index (χ4n) is 4.21. The Morgan fingerprint density at radius 3 is 2.87 bits per heavy atom. The van der Waals surface area contributed by atoms with Gasteiger partial charge in [-0.1, -0.05) is 0 Å². The van der Waals surface area contributed by atoms with Crippen LogP contribution in [0, 0.1) is 5.82 Å². The van der Waals surface area contributed by atoms with E-state index in [1.807, 2.05) is 0 Å². The van der Waals surface area contributed by atoms with Crippen molar-refractivity contribution in [2.24, 2.45) is 0 Å². The summed E-state index contributed by atoms with van der Waals surface area (Å²) >= 11 is 4.17. The quantitative estimate of drug-likeness (QED) is 0.753. The molecule has 1 unspecified atom stereocenters. The Balaban J connectivity index is 1.39. The molecule has 3 fully saturated rings. The number of amides is 2. The molecule has 3 heterocycles. The van der Waals surface area contributed by atoms with Gasteiger partial charge < -0.3 is 15.0 Å². The highest BCUT2D eigenvalue weighted by Crippen LogP contribution is 2.42. The molecule has 0 saturated carbocycles. The highest BCUT2D eigenvalue weighted by Gasteiger charge is 2.37. The number of anilines is 2. The Bertz CT molecular complexity index is 792. The van der Waals surface area contributed by atoms with Gasteiger partial charge in [-0.2, -0.15) is 23.5 Å². The van der Waals surface area contributed by atoms with Crippen LogP contribution < -0.4 is 15.1 Å². The van der Waals surface area contributed by atoms with E-state index in [0.717, 1.165) is 25.9 Å². The minimum Gasteiger partial charge on any atom is -0.442 e. The average Bonchev–Trinajstić information content (AvgIpc) is 2.95. The van der Waals surface area contributed by atoms with Crippen molar-refractivity contribution in [1.82, 2.24) is 5.32 Å². The van der Waals surface area contributed by atoms with Crippen LogP contribution in [-0.4, -0.2) is 66.3 Å². The fourth-order valence-corrected chi connectivity index (χ4v) is 7.32. The summed E-state index contributed by atoms with van der Waals surface area (Å²) in [6, 6.07) is 4.96.